The van der Waals surface area contributed by atoms with Gasteiger partial charge >= 0.3 is 0 Å². The van der Waals surface area contributed by atoms with E-state index in [-0.39, 0.29) is 22.4 Å². The quantitative estimate of drug-likeness (QED) is 0.639. The Morgan fingerprint density at radius 1 is 1.25 bits per heavy atom. The van der Waals surface area contributed by atoms with E-state index in [0.717, 1.165) is 11.4 Å². The summed E-state index contributed by atoms with van der Waals surface area (Å²) >= 11 is 1.31. The molecule has 0 radical (unpaired) electrons. The van der Waals surface area contributed by atoms with Crippen LogP contribution in [-0.2, 0) is 10.0 Å². The molecule has 0 spiro atoms. The zero-order valence-electron chi connectivity index (χ0n) is 15.4. The standard InChI is InChI=1S/C18H19FN4O3S2/c1-11-16(12(2)26-22-11)28(24,25)23-9-5-6-13(10-23)17-20-21-18(27-17)14-7-3-4-8-15(14)19/h3-4,7-8,13H,5-6,9-10H2,1-2H3. The van der Waals surface area contributed by atoms with E-state index in [0.29, 0.717) is 35.8 Å². The molecular formula is C18H19FN4O3S2. The number of hydrogen-bond donors (Lipinski definition) is 0. The number of hydrogen-bond acceptors (Lipinski definition) is 7. The van der Waals surface area contributed by atoms with Gasteiger partial charge in [0, 0.05) is 24.6 Å². The van der Waals surface area contributed by atoms with E-state index in [9.17, 15) is 12.8 Å². The predicted octanol–water partition coefficient (Wildman–Crippen LogP) is 3.52. The molecule has 3 heterocycles. The van der Waals surface area contributed by atoms with Gasteiger partial charge in [-0.1, -0.05) is 28.6 Å². The number of halogens is 1. The maximum absolute atomic E-state index is 14.0. The van der Waals surface area contributed by atoms with Crippen LogP contribution < -0.4 is 0 Å². The second-order valence-electron chi connectivity index (χ2n) is 6.78. The Bertz CT molecular complexity index is 1090. The Balaban J connectivity index is 1.59. The van der Waals surface area contributed by atoms with Crippen LogP contribution in [0.4, 0.5) is 4.39 Å². The van der Waals surface area contributed by atoms with Crippen LogP contribution in [0.2, 0.25) is 0 Å². The average molecular weight is 423 g/mol. The number of rotatable bonds is 4. The molecule has 10 heteroatoms. The first-order valence-electron chi connectivity index (χ1n) is 8.89. The van der Waals surface area contributed by atoms with Crippen LogP contribution in [0.5, 0.6) is 0 Å². The van der Waals surface area contributed by atoms with E-state index < -0.39 is 10.0 Å². The highest BCUT2D eigenvalue weighted by atomic mass is 32.2. The van der Waals surface area contributed by atoms with Gasteiger partial charge in [-0.15, -0.1) is 10.2 Å². The van der Waals surface area contributed by atoms with E-state index in [1.54, 1.807) is 32.0 Å². The van der Waals surface area contributed by atoms with Gasteiger partial charge in [0.2, 0.25) is 10.0 Å². The van der Waals surface area contributed by atoms with Crippen LogP contribution in [0.25, 0.3) is 10.6 Å². The molecule has 1 fully saturated rings. The lowest BCUT2D eigenvalue weighted by Crippen LogP contribution is -2.39. The first kappa shape index (κ1) is 19.2. The van der Waals surface area contributed by atoms with Crippen LogP contribution in [0.1, 0.15) is 35.2 Å². The summed E-state index contributed by atoms with van der Waals surface area (Å²) in [7, 11) is -3.70. The van der Waals surface area contributed by atoms with Gasteiger partial charge in [0.1, 0.15) is 21.4 Å². The van der Waals surface area contributed by atoms with Crippen LogP contribution >= 0.6 is 11.3 Å². The van der Waals surface area contributed by atoms with Crippen molar-refractivity contribution in [3.05, 3.63) is 46.5 Å². The number of piperidine rings is 1. The molecule has 7 nitrogen and oxygen atoms in total. The van der Waals surface area contributed by atoms with Crippen LogP contribution in [0.3, 0.4) is 0 Å². The Kier molecular flexibility index (Phi) is 5.02. The molecule has 3 aromatic rings. The molecule has 0 saturated carbocycles. The molecule has 2 aromatic heterocycles. The number of aromatic nitrogens is 3. The van der Waals surface area contributed by atoms with Crippen molar-refractivity contribution in [1.82, 2.24) is 19.7 Å². The minimum atomic E-state index is -3.70. The molecule has 0 aliphatic carbocycles. The zero-order chi connectivity index (χ0) is 19.9. The van der Waals surface area contributed by atoms with Gasteiger partial charge in [-0.2, -0.15) is 4.31 Å². The lowest BCUT2D eigenvalue weighted by atomic mass is 10.0. The first-order chi connectivity index (χ1) is 13.4. The maximum Gasteiger partial charge on any atom is 0.248 e. The van der Waals surface area contributed by atoms with Crippen molar-refractivity contribution in [2.24, 2.45) is 0 Å². The van der Waals surface area contributed by atoms with E-state index in [4.69, 9.17) is 4.52 Å². The SMILES string of the molecule is Cc1noc(C)c1S(=O)(=O)N1CCCC(c2nnc(-c3ccccc3F)s2)C1. The van der Waals surface area contributed by atoms with Crippen molar-refractivity contribution >= 4 is 21.4 Å². The summed E-state index contributed by atoms with van der Waals surface area (Å²) in [6.45, 7) is 3.95. The highest BCUT2D eigenvalue weighted by Gasteiger charge is 2.36. The zero-order valence-corrected chi connectivity index (χ0v) is 17.1. The molecule has 1 saturated heterocycles. The Morgan fingerprint density at radius 3 is 2.75 bits per heavy atom. The van der Waals surface area contributed by atoms with Crippen LogP contribution in [0.15, 0.2) is 33.7 Å². The molecule has 0 N–H and O–H groups in total. The molecule has 4 rings (SSSR count). The van der Waals surface area contributed by atoms with Crippen molar-refractivity contribution in [2.75, 3.05) is 13.1 Å². The third kappa shape index (κ3) is 3.36. The Morgan fingerprint density at radius 2 is 2.04 bits per heavy atom. The number of sulfonamides is 1. The molecule has 0 amide bonds. The molecule has 28 heavy (non-hydrogen) atoms. The monoisotopic (exact) mass is 422 g/mol. The van der Waals surface area contributed by atoms with E-state index in [1.807, 2.05) is 0 Å². The smallest absolute Gasteiger partial charge is 0.248 e. The minimum Gasteiger partial charge on any atom is -0.360 e. The highest BCUT2D eigenvalue weighted by Crippen LogP contribution is 2.35. The topological polar surface area (TPSA) is 89.2 Å². The van der Waals surface area contributed by atoms with Crippen LogP contribution in [0, 0.1) is 19.7 Å². The fraction of sp³-hybridized carbons (Fsp3) is 0.389. The van der Waals surface area contributed by atoms with Gasteiger partial charge in [0.25, 0.3) is 0 Å². The second-order valence-corrected chi connectivity index (χ2v) is 9.66. The number of benzene rings is 1. The minimum absolute atomic E-state index is 0.0815. The maximum atomic E-state index is 14.0. The summed E-state index contributed by atoms with van der Waals surface area (Å²) in [5, 5.41) is 13.3. The summed E-state index contributed by atoms with van der Waals surface area (Å²) in [4.78, 5) is 0.137. The Hall–Kier alpha value is -2.17. The molecular weight excluding hydrogens is 403 g/mol. The number of aryl methyl sites for hydroxylation is 2. The molecule has 1 unspecified atom stereocenters. The van der Waals surface area contributed by atoms with Crippen molar-refractivity contribution in [1.29, 1.82) is 0 Å². The first-order valence-corrected chi connectivity index (χ1v) is 11.1. The van der Waals surface area contributed by atoms with Crippen molar-refractivity contribution in [3.63, 3.8) is 0 Å². The molecule has 1 aliphatic heterocycles. The van der Waals surface area contributed by atoms with E-state index in [1.165, 1.54) is 21.7 Å². The molecule has 1 aromatic carbocycles. The largest absolute Gasteiger partial charge is 0.360 e. The molecule has 148 valence electrons. The summed E-state index contributed by atoms with van der Waals surface area (Å²) in [5.74, 6) is -0.143. The normalized spacial score (nSPS) is 18.5. The van der Waals surface area contributed by atoms with Gasteiger partial charge in [-0.3, -0.25) is 0 Å². The predicted molar refractivity (Wildman–Crippen MR) is 102 cm³/mol. The molecule has 1 aliphatic rings. The summed E-state index contributed by atoms with van der Waals surface area (Å²) in [5.41, 5.74) is 0.764. The fourth-order valence-electron chi connectivity index (χ4n) is 3.48. The lowest BCUT2D eigenvalue weighted by Gasteiger charge is -2.30. The van der Waals surface area contributed by atoms with Crippen LogP contribution in [-0.4, -0.2) is 41.2 Å². The van der Waals surface area contributed by atoms with E-state index in [2.05, 4.69) is 15.4 Å². The van der Waals surface area contributed by atoms with Gasteiger partial charge in [0.05, 0.1) is 0 Å². The summed E-state index contributed by atoms with van der Waals surface area (Å²) < 4.78 is 46.7. The van der Waals surface area contributed by atoms with Gasteiger partial charge < -0.3 is 4.52 Å². The molecule has 0 bridgehead atoms. The van der Waals surface area contributed by atoms with Crippen molar-refractivity contribution < 1.29 is 17.3 Å². The second kappa shape index (κ2) is 7.34. The average Bonchev–Trinajstić information content (AvgIpc) is 3.29. The third-order valence-corrected chi connectivity index (χ3v) is 8.07. The van der Waals surface area contributed by atoms with Gasteiger partial charge in [0.15, 0.2) is 10.8 Å². The number of nitrogens with zero attached hydrogens (tertiary/aromatic N) is 4. The summed E-state index contributed by atoms with van der Waals surface area (Å²) in [6.07, 6.45) is 1.52. The van der Waals surface area contributed by atoms with E-state index >= 15 is 0 Å². The third-order valence-electron chi connectivity index (χ3n) is 4.84. The van der Waals surface area contributed by atoms with Crippen molar-refractivity contribution in [3.8, 4) is 10.6 Å². The van der Waals surface area contributed by atoms with Crippen molar-refractivity contribution in [2.45, 2.75) is 37.5 Å². The van der Waals surface area contributed by atoms with Gasteiger partial charge in [-0.25, -0.2) is 12.8 Å². The highest BCUT2D eigenvalue weighted by molar-refractivity contribution is 7.89. The Labute approximate surface area is 166 Å². The fourth-order valence-corrected chi connectivity index (χ4v) is 6.29. The van der Waals surface area contributed by atoms with Gasteiger partial charge in [-0.05, 0) is 38.8 Å². The lowest BCUT2D eigenvalue weighted by molar-refractivity contribution is 0.314. The summed E-state index contributed by atoms with van der Waals surface area (Å²) in [6, 6.07) is 6.42. The molecule has 1 atom stereocenters.